The maximum absolute atomic E-state index is 12.3. The fraction of sp³-hybridized carbons (Fsp3) is 0.474. The number of carbonyl (C=O) groups excluding carboxylic acids is 1. The van der Waals surface area contributed by atoms with Crippen LogP contribution in [-0.2, 0) is 24.3 Å². The Morgan fingerprint density at radius 2 is 1.85 bits per heavy atom. The molecule has 0 saturated carbocycles. The highest BCUT2D eigenvalue weighted by Gasteiger charge is 2.14. The van der Waals surface area contributed by atoms with Crippen molar-refractivity contribution in [2.45, 2.75) is 26.4 Å². The molecule has 0 spiro atoms. The third-order valence-corrected chi connectivity index (χ3v) is 5.00. The van der Waals surface area contributed by atoms with E-state index in [4.69, 9.17) is 14.2 Å². The van der Waals surface area contributed by atoms with Gasteiger partial charge in [-0.3, -0.25) is 9.69 Å². The number of aromatic nitrogens is 1. The number of benzene rings is 1. The molecule has 0 saturated heterocycles. The van der Waals surface area contributed by atoms with Crippen LogP contribution < -0.4 is 19.5 Å². The van der Waals surface area contributed by atoms with Crippen LogP contribution >= 0.6 is 11.3 Å². The van der Waals surface area contributed by atoms with E-state index in [1.165, 1.54) is 0 Å². The van der Waals surface area contributed by atoms with Crippen LogP contribution in [-0.4, -0.2) is 50.7 Å². The van der Waals surface area contributed by atoms with Gasteiger partial charge in [0.1, 0.15) is 0 Å². The summed E-state index contributed by atoms with van der Waals surface area (Å²) in [6.45, 7) is 3.40. The molecule has 1 N–H and O–H groups in total. The molecular formula is C19H27N3O4S. The lowest BCUT2D eigenvalue weighted by molar-refractivity contribution is -0.122. The number of nitrogens with zero attached hydrogens (tertiary/aromatic N) is 2. The number of ether oxygens (including phenoxy) is 3. The summed E-state index contributed by atoms with van der Waals surface area (Å²) in [5, 5.41) is 6.08. The summed E-state index contributed by atoms with van der Waals surface area (Å²) in [5.41, 5.74) is 1.87. The first-order valence-corrected chi connectivity index (χ1v) is 9.56. The average molecular weight is 394 g/mol. The van der Waals surface area contributed by atoms with Crippen LogP contribution in [0.25, 0.3) is 0 Å². The van der Waals surface area contributed by atoms with Gasteiger partial charge in [-0.25, -0.2) is 4.98 Å². The fourth-order valence-electron chi connectivity index (χ4n) is 2.66. The molecule has 0 unspecified atom stereocenters. The Morgan fingerprint density at radius 1 is 1.19 bits per heavy atom. The summed E-state index contributed by atoms with van der Waals surface area (Å²) < 4.78 is 16.0. The van der Waals surface area contributed by atoms with Crippen LogP contribution in [0.4, 0.5) is 0 Å². The van der Waals surface area contributed by atoms with Gasteiger partial charge in [-0.1, -0.05) is 6.92 Å². The van der Waals surface area contributed by atoms with Gasteiger partial charge in [0.05, 0.1) is 38.6 Å². The zero-order valence-corrected chi connectivity index (χ0v) is 17.3. The quantitative estimate of drug-likeness (QED) is 0.669. The Kier molecular flexibility index (Phi) is 7.87. The summed E-state index contributed by atoms with van der Waals surface area (Å²) in [4.78, 5) is 18.7. The van der Waals surface area contributed by atoms with Gasteiger partial charge >= 0.3 is 0 Å². The Labute approximate surface area is 164 Å². The highest BCUT2D eigenvalue weighted by atomic mass is 32.1. The van der Waals surface area contributed by atoms with Crippen molar-refractivity contribution in [1.29, 1.82) is 0 Å². The highest BCUT2D eigenvalue weighted by Crippen LogP contribution is 2.38. The number of amides is 1. The van der Waals surface area contributed by atoms with Gasteiger partial charge in [-0.05, 0) is 31.2 Å². The van der Waals surface area contributed by atoms with Crippen molar-refractivity contribution in [2.75, 3.05) is 34.9 Å². The molecule has 27 heavy (non-hydrogen) atoms. The number of aryl methyl sites for hydroxylation is 1. The third kappa shape index (κ3) is 5.83. The second-order valence-corrected chi connectivity index (χ2v) is 7.01. The molecular weight excluding hydrogens is 366 g/mol. The fourth-order valence-corrected chi connectivity index (χ4v) is 3.39. The smallest absolute Gasteiger partial charge is 0.234 e. The normalized spacial score (nSPS) is 10.7. The zero-order chi connectivity index (χ0) is 19.8. The van der Waals surface area contributed by atoms with Gasteiger partial charge in [0, 0.05) is 18.5 Å². The molecule has 1 aromatic heterocycles. The van der Waals surface area contributed by atoms with E-state index in [2.05, 4.69) is 17.2 Å². The van der Waals surface area contributed by atoms with E-state index < -0.39 is 0 Å². The number of likely N-dealkylation sites (N-methyl/N-ethyl adjacent to an activating group) is 1. The van der Waals surface area contributed by atoms with Gasteiger partial charge in [-0.2, -0.15) is 0 Å². The topological polar surface area (TPSA) is 72.9 Å². The molecule has 2 aromatic rings. The standard InChI is InChI=1S/C19H27N3O4S/c1-6-18-21-14(12-27-18)10-22(2)11-17(23)20-9-13-7-15(24-3)19(26-5)16(8-13)25-4/h7-8,12H,6,9-11H2,1-5H3,(H,20,23). The number of methoxy groups -OCH3 is 3. The molecule has 1 aromatic carbocycles. The molecule has 0 aliphatic carbocycles. The number of thiazole rings is 1. The predicted molar refractivity (Wildman–Crippen MR) is 106 cm³/mol. The summed E-state index contributed by atoms with van der Waals surface area (Å²) in [6, 6.07) is 3.65. The van der Waals surface area contributed by atoms with Crippen LogP contribution in [0.15, 0.2) is 17.5 Å². The van der Waals surface area contributed by atoms with E-state index in [1.54, 1.807) is 32.7 Å². The van der Waals surface area contributed by atoms with Crippen LogP contribution in [0.5, 0.6) is 17.2 Å². The monoisotopic (exact) mass is 393 g/mol. The van der Waals surface area contributed by atoms with Gasteiger partial charge < -0.3 is 19.5 Å². The van der Waals surface area contributed by atoms with E-state index in [0.29, 0.717) is 36.9 Å². The molecule has 2 rings (SSSR count). The minimum absolute atomic E-state index is 0.0582. The summed E-state index contributed by atoms with van der Waals surface area (Å²) in [6.07, 6.45) is 0.934. The maximum atomic E-state index is 12.3. The van der Waals surface area contributed by atoms with Crippen LogP contribution in [0.3, 0.4) is 0 Å². The Hall–Kier alpha value is -2.32. The minimum atomic E-state index is -0.0582. The lowest BCUT2D eigenvalue weighted by atomic mass is 10.1. The van der Waals surface area contributed by atoms with Crippen molar-refractivity contribution >= 4 is 17.2 Å². The minimum Gasteiger partial charge on any atom is -0.493 e. The molecule has 8 heteroatoms. The van der Waals surface area contributed by atoms with Crippen molar-refractivity contribution < 1.29 is 19.0 Å². The van der Waals surface area contributed by atoms with Gasteiger partial charge in [0.15, 0.2) is 11.5 Å². The number of carbonyl (C=O) groups is 1. The molecule has 1 amide bonds. The van der Waals surface area contributed by atoms with Crippen LogP contribution in [0, 0.1) is 0 Å². The summed E-state index contributed by atoms with van der Waals surface area (Å²) in [5.74, 6) is 1.60. The lowest BCUT2D eigenvalue weighted by Gasteiger charge is -2.16. The third-order valence-electron chi connectivity index (χ3n) is 3.96. The molecule has 0 aliphatic rings. The first-order chi connectivity index (χ1) is 13.0. The lowest BCUT2D eigenvalue weighted by Crippen LogP contribution is -2.34. The molecule has 7 nitrogen and oxygen atoms in total. The predicted octanol–water partition coefficient (Wildman–Crippen LogP) is 2.48. The van der Waals surface area contributed by atoms with E-state index in [1.807, 2.05) is 29.5 Å². The zero-order valence-electron chi connectivity index (χ0n) is 16.5. The van der Waals surface area contributed by atoms with E-state index in [9.17, 15) is 4.79 Å². The Morgan fingerprint density at radius 3 is 2.37 bits per heavy atom. The number of hydrogen-bond acceptors (Lipinski definition) is 7. The molecule has 0 aliphatic heterocycles. The molecule has 148 valence electrons. The van der Waals surface area contributed by atoms with Crippen LogP contribution in [0.2, 0.25) is 0 Å². The first kappa shape index (κ1) is 21.0. The average Bonchev–Trinajstić information content (AvgIpc) is 3.12. The number of hydrogen-bond donors (Lipinski definition) is 1. The molecule has 0 bridgehead atoms. The second kappa shape index (κ2) is 10.1. The molecule has 0 fully saturated rings. The van der Waals surface area contributed by atoms with Gasteiger partial charge in [0.25, 0.3) is 0 Å². The number of rotatable bonds is 10. The van der Waals surface area contributed by atoms with Crippen LogP contribution in [0.1, 0.15) is 23.2 Å². The first-order valence-electron chi connectivity index (χ1n) is 8.68. The molecule has 1 heterocycles. The highest BCUT2D eigenvalue weighted by molar-refractivity contribution is 7.09. The second-order valence-electron chi connectivity index (χ2n) is 6.07. The van der Waals surface area contributed by atoms with Crippen molar-refractivity contribution in [3.8, 4) is 17.2 Å². The molecule has 0 atom stereocenters. The maximum Gasteiger partial charge on any atom is 0.234 e. The number of nitrogens with one attached hydrogen (secondary N) is 1. The van der Waals surface area contributed by atoms with Gasteiger partial charge in [-0.15, -0.1) is 11.3 Å². The summed E-state index contributed by atoms with van der Waals surface area (Å²) >= 11 is 1.66. The Balaban J connectivity index is 1.90. The Bertz CT molecular complexity index is 738. The van der Waals surface area contributed by atoms with Crippen molar-refractivity contribution in [1.82, 2.24) is 15.2 Å². The van der Waals surface area contributed by atoms with E-state index in [-0.39, 0.29) is 5.91 Å². The largest absolute Gasteiger partial charge is 0.493 e. The SMILES string of the molecule is CCc1nc(CN(C)CC(=O)NCc2cc(OC)c(OC)c(OC)c2)cs1. The molecule has 0 radical (unpaired) electrons. The van der Waals surface area contributed by atoms with Gasteiger partial charge in [0.2, 0.25) is 11.7 Å². The van der Waals surface area contributed by atoms with Crippen molar-refractivity contribution in [3.63, 3.8) is 0 Å². The van der Waals surface area contributed by atoms with Crippen molar-refractivity contribution in [2.24, 2.45) is 0 Å². The van der Waals surface area contributed by atoms with E-state index in [0.717, 1.165) is 22.7 Å². The van der Waals surface area contributed by atoms with E-state index >= 15 is 0 Å². The van der Waals surface area contributed by atoms with Crippen molar-refractivity contribution in [3.05, 3.63) is 33.8 Å². The summed E-state index contributed by atoms with van der Waals surface area (Å²) in [7, 11) is 6.60.